The molecule has 0 aromatic heterocycles. The first-order chi connectivity index (χ1) is 18.4. The molecule has 4 nitrogen and oxygen atoms in total. The molecule has 2 N–H and O–H groups in total. The molecule has 1 amide bonds. The monoisotopic (exact) mass is 567 g/mol. The lowest BCUT2D eigenvalue weighted by Gasteiger charge is -2.38. The number of rotatable bonds is 8. The lowest BCUT2D eigenvalue weighted by Crippen LogP contribution is -2.48. The lowest BCUT2D eigenvalue weighted by molar-refractivity contribution is -0.253. The number of carbonyl (C=O) groups is 1. The van der Waals surface area contributed by atoms with Gasteiger partial charge >= 0.3 is 12.5 Å². The Morgan fingerprint density at radius 3 is 2.62 bits per heavy atom. The summed E-state index contributed by atoms with van der Waals surface area (Å²) < 4.78 is 69.8. The molecule has 3 atom stereocenters. The van der Waals surface area contributed by atoms with E-state index in [9.17, 15) is 31.9 Å². The average Bonchev–Trinajstić information content (AvgIpc) is 3.11. The number of halogens is 6. The molecule has 10 heteroatoms. The van der Waals surface area contributed by atoms with Gasteiger partial charge in [0.25, 0.3) is 0 Å². The molecule has 3 unspecified atom stereocenters. The number of amides is 1. The molecule has 2 aliphatic rings. The van der Waals surface area contributed by atoms with Crippen LogP contribution in [0.2, 0.25) is 5.02 Å². The van der Waals surface area contributed by atoms with Crippen molar-refractivity contribution in [1.82, 2.24) is 5.32 Å². The van der Waals surface area contributed by atoms with Gasteiger partial charge in [-0.15, -0.1) is 0 Å². The number of benzene rings is 2. The number of nitrogens with one attached hydrogen (secondary N) is 1. The number of allylic oxidation sites excluding steroid dienone is 4. The molecule has 2 aromatic carbocycles. The van der Waals surface area contributed by atoms with Crippen LogP contribution in [-0.4, -0.2) is 29.6 Å². The van der Waals surface area contributed by atoms with Crippen LogP contribution in [-0.2, 0) is 16.8 Å². The predicted molar refractivity (Wildman–Crippen MR) is 137 cm³/mol. The van der Waals surface area contributed by atoms with Crippen molar-refractivity contribution in [3.63, 3.8) is 0 Å². The minimum absolute atomic E-state index is 0.124. The molecular formula is C29H27ClF5NO3. The van der Waals surface area contributed by atoms with E-state index in [2.05, 4.69) is 10.1 Å². The van der Waals surface area contributed by atoms with Crippen LogP contribution < -0.4 is 10.1 Å². The maximum Gasteiger partial charge on any atom is 0.461 e. The number of alkyl halides is 4. The first-order valence-electron chi connectivity index (χ1n) is 12.4. The molecule has 4 rings (SSSR count). The summed E-state index contributed by atoms with van der Waals surface area (Å²) >= 11 is 5.86. The molecule has 0 bridgehead atoms. The highest BCUT2D eigenvalue weighted by Gasteiger charge is 2.46. The molecule has 0 saturated heterocycles. The average molecular weight is 568 g/mol. The van der Waals surface area contributed by atoms with Gasteiger partial charge in [-0.25, -0.2) is 4.39 Å². The summed E-state index contributed by atoms with van der Waals surface area (Å²) in [7, 11) is 0. The Bertz CT molecular complexity index is 1310. The minimum Gasteiger partial charge on any atom is -0.427 e. The fraction of sp³-hybridized carbons (Fsp3) is 0.345. The van der Waals surface area contributed by atoms with Gasteiger partial charge in [-0.3, -0.25) is 4.79 Å². The van der Waals surface area contributed by atoms with Crippen molar-refractivity contribution in [2.75, 3.05) is 0 Å². The van der Waals surface area contributed by atoms with E-state index in [4.69, 9.17) is 11.6 Å². The Morgan fingerprint density at radius 1 is 1.21 bits per heavy atom. The third-order valence-electron chi connectivity index (χ3n) is 6.77. The van der Waals surface area contributed by atoms with E-state index < -0.39 is 47.6 Å². The Labute approximate surface area is 227 Å². The van der Waals surface area contributed by atoms with Crippen LogP contribution in [0.3, 0.4) is 0 Å². The molecule has 39 heavy (non-hydrogen) atoms. The lowest BCUT2D eigenvalue weighted by atomic mass is 9.71. The predicted octanol–water partition coefficient (Wildman–Crippen LogP) is 6.87. The molecule has 0 aliphatic heterocycles. The van der Waals surface area contributed by atoms with Crippen LogP contribution in [0, 0.1) is 11.7 Å². The van der Waals surface area contributed by atoms with E-state index in [0.29, 0.717) is 23.1 Å². The summed E-state index contributed by atoms with van der Waals surface area (Å²) in [6.45, 7) is 1.68. The van der Waals surface area contributed by atoms with Gasteiger partial charge in [-0.1, -0.05) is 48.0 Å². The van der Waals surface area contributed by atoms with Gasteiger partial charge in [0.1, 0.15) is 17.2 Å². The van der Waals surface area contributed by atoms with E-state index in [1.807, 2.05) is 12.2 Å². The zero-order valence-electron chi connectivity index (χ0n) is 20.9. The topological polar surface area (TPSA) is 58.6 Å². The molecule has 0 heterocycles. The van der Waals surface area contributed by atoms with Crippen molar-refractivity contribution in [3.05, 3.63) is 99.9 Å². The minimum atomic E-state index is -4.72. The SMILES string of the molecule is CC(Cc1ccc(Cl)c(OC(F)(F)C(F)F)c1)NC(=O)C1C2=C(C=CC1(O)c1ccc(F)cc1)CCCC=C2. The van der Waals surface area contributed by atoms with E-state index in [1.54, 1.807) is 19.1 Å². The summed E-state index contributed by atoms with van der Waals surface area (Å²) in [5.74, 6) is -2.64. The van der Waals surface area contributed by atoms with Gasteiger partial charge in [0.2, 0.25) is 5.91 Å². The van der Waals surface area contributed by atoms with Gasteiger partial charge in [0.15, 0.2) is 0 Å². The van der Waals surface area contributed by atoms with Gasteiger partial charge in [0, 0.05) is 6.04 Å². The smallest absolute Gasteiger partial charge is 0.427 e. The molecule has 0 spiro atoms. The Hall–Kier alpha value is -3.17. The van der Waals surface area contributed by atoms with Crippen LogP contribution in [0.25, 0.3) is 0 Å². The van der Waals surface area contributed by atoms with Crippen molar-refractivity contribution >= 4 is 17.5 Å². The van der Waals surface area contributed by atoms with Crippen molar-refractivity contribution < 1.29 is 36.6 Å². The van der Waals surface area contributed by atoms with Crippen LogP contribution in [0.1, 0.15) is 37.3 Å². The van der Waals surface area contributed by atoms with E-state index in [1.165, 1.54) is 36.4 Å². The van der Waals surface area contributed by atoms with Crippen LogP contribution in [0.4, 0.5) is 22.0 Å². The van der Waals surface area contributed by atoms with Crippen molar-refractivity contribution in [1.29, 1.82) is 0 Å². The van der Waals surface area contributed by atoms with Crippen molar-refractivity contribution in [2.24, 2.45) is 5.92 Å². The zero-order chi connectivity index (χ0) is 28.4. The number of ether oxygens (including phenoxy) is 1. The third kappa shape index (κ3) is 6.36. The van der Waals surface area contributed by atoms with Crippen LogP contribution in [0.5, 0.6) is 5.75 Å². The van der Waals surface area contributed by atoms with Gasteiger partial charge < -0.3 is 15.2 Å². The first kappa shape index (κ1) is 28.8. The van der Waals surface area contributed by atoms with E-state index in [0.717, 1.165) is 24.5 Å². The Morgan fingerprint density at radius 2 is 1.92 bits per heavy atom. The highest BCUT2D eigenvalue weighted by Crippen LogP contribution is 2.43. The van der Waals surface area contributed by atoms with Crippen molar-refractivity contribution in [3.8, 4) is 5.75 Å². The molecule has 2 aliphatic carbocycles. The largest absolute Gasteiger partial charge is 0.461 e. The number of hydrogen-bond acceptors (Lipinski definition) is 3. The summed E-state index contributed by atoms with van der Waals surface area (Å²) in [5, 5.41) is 14.4. The molecule has 2 aromatic rings. The van der Waals surface area contributed by atoms with Crippen molar-refractivity contribution in [2.45, 2.75) is 56.8 Å². The van der Waals surface area contributed by atoms with Gasteiger partial charge in [0.05, 0.1) is 10.9 Å². The summed E-state index contributed by atoms with van der Waals surface area (Å²) in [6.07, 6.45) is 0.897. The quantitative estimate of drug-likeness (QED) is 0.342. The van der Waals surface area contributed by atoms with Crippen LogP contribution in [0.15, 0.2) is 77.9 Å². The second-order valence-corrected chi connectivity index (χ2v) is 10.1. The fourth-order valence-corrected chi connectivity index (χ4v) is 5.05. The second-order valence-electron chi connectivity index (χ2n) is 9.72. The molecule has 0 saturated carbocycles. The molecule has 0 fully saturated rings. The number of aliphatic hydroxyl groups is 1. The summed E-state index contributed by atoms with van der Waals surface area (Å²) in [4.78, 5) is 13.7. The molecular weight excluding hydrogens is 541 g/mol. The highest BCUT2D eigenvalue weighted by atomic mass is 35.5. The zero-order valence-corrected chi connectivity index (χ0v) is 21.7. The van der Waals surface area contributed by atoms with E-state index in [-0.39, 0.29) is 11.4 Å². The van der Waals surface area contributed by atoms with Crippen LogP contribution >= 0.6 is 11.6 Å². The third-order valence-corrected chi connectivity index (χ3v) is 7.08. The van der Waals surface area contributed by atoms with E-state index >= 15 is 0 Å². The summed E-state index contributed by atoms with van der Waals surface area (Å²) in [6, 6.07) is 8.59. The van der Waals surface area contributed by atoms with Gasteiger partial charge in [-0.05, 0) is 85.2 Å². The standard InChI is InChI=1S/C29H27ClF5NO3/c1-17(15-18-7-12-23(30)24(16-18)39-29(34,35)27(32)33)36-26(37)25-22-6-4-2-3-5-19(22)13-14-28(25,38)20-8-10-21(31)11-9-20/h4,6-14,16-17,25,27,38H,2-3,5,15H2,1H3,(H,36,37). The Balaban J connectivity index is 1.58. The maximum atomic E-state index is 13.7. The number of hydrogen-bond donors (Lipinski definition) is 2. The second kappa shape index (κ2) is 11.5. The Kier molecular flexibility index (Phi) is 8.51. The normalized spacial score (nSPS) is 21.9. The van der Waals surface area contributed by atoms with Gasteiger partial charge in [-0.2, -0.15) is 17.6 Å². The molecule has 208 valence electrons. The maximum absolute atomic E-state index is 13.7. The highest BCUT2D eigenvalue weighted by molar-refractivity contribution is 6.32. The first-order valence-corrected chi connectivity index (χ1v) is 12.8. The molecule has 0 radical (unpaired) electrons. The fourth-order valence-electron chi connectivity index (χ4n) is 4.89. The summed E-state index contributed by atoms with van der Waals surface area (Å²) in [5.41, 5.74) is 0.564. The number of carbonyl (C=O) groups excluding carboxylic acids is 1.